The van der Waals surface area contributed by atoms with Crippen LogP contribution in [0.4, 0.5) is 4.79 Å². The van der Waals surface area contributed by atoms with Crippen LogP contribution in [0.2, 0.25) is 5.02 Å². The lowest BCUT2D eigenvalue weighted by Crippen LogP contribution is -2.39. The number of carbonyl (C=O) groups is 3. The Morgan fingerprint density at radius 2 is 1.62 bits per heavy atom. The third-order valence-electron chi connectivity index (χ3n) is 6.25. The van der Waals surface area contributed by atoms with Gasteiger partial charge in [-0.1, -0.05) is 24.6 Å². The molecule has 1 N–H and O–H groups in total. The van der Waals surface area contributed by atoms with Crippen molar-refractivity contribution in [1.29, 1.82) is 0 Å². The highest BCUT2D eigenvalue weighted by Gasteiger charge is 2.48. The highest BCUT2D eigenvalue weighted by atomic mass is 35.5. The number of aromatic nitrogens is 1. The lowest BCUT2D eigenvalue weighted by molar-refractivity contribution is -0.159. The Hall–Kier alpha value is -3.33. The summed E-state index contributed by atoms with van der Waals surface area (Å²) < 4.78 is 17.6. The number of ether oxygens (including phenoxy) is 3. The maximum atomic E-state index is 13.5. The number of nitrogens with zero attached hydrogens (tertiary/aromatic N) is 1. The largest absolute Gasteiger partial charge is 0.462 e. The monoisotopic (exact) mass is 574 g/mol. The zero-order valence-electron chi connectivity index (χ0n) is 24.5. The highest BCUT2D eigenvalue weighted by molar-refractivity contribution is 6.31. The van der Waals surface area contributed by atoms with Gasteiger partial charge in [0.1, 0.15) is 17.2 Å². The first-order chi connectivity index (χ1) is 18.5. The van der Waals surface area contributed by atoms with E-state index in [1.807, 2.05) is 0 Å². The first-order valence-electron chi connectivity index (χ1n) is 13.5. The number of hydrogen-bond acceptors (Lipinski definition) is 7. The molecule has 1 unspecified atom stereocenters. The SMILES string of the molecule is CCOC(=O)c1cn(C(CC)C(=O)OC(C)(C)C)c(=O)cc1-c1cc(Cl)ccc1C1(NC(=O)OC(C)(C)C)CC1. The van der Waals surface area contributed by atoms with E-state index in [9.17, 15) is 19.2 Å². The number of nitrogens with one attached hydrogen (secondary N) is 1. The van der Waals surface area contributed by atoms with Gasteiger partial charge in [-0.25, -0.2) is 14.4 Å². The van der Waals surface area contributed by atoms with Gasteiger partial charge in [-0.15, -0.1) is 0 Å². The zero-order valence-corrected chi connectivity index (χ0v) is 25.2. The number of amides is 1. The van der Waals surface area contributed by atoms with Crippen LogP contribution in [0.3, 0.4) is 0 Å². The van der Waals surface area contributed by atoms with E-state index in [-0.39, 0.29) is 24.2 Å². The van der Waals surface area contributed by atoms with Gasteiger partial charge >= 0.3 is 18.0 Å². The van der Waals surface area contributed by atoms with Gasteiger partial charge in [-0.05, 0) is 91.0 Å². The van der Waals surface area contributed by atoms with Crippen LogP contribution >= 0.6 is 11.6 Å². The van der Waals surface area contributed by atoms with E-state index < -0.39 is 46.4 Å². The van der Waals surface area contributed by atoms with Crippen molar-refractivity contribution >= 4 is 29.6 Å². The fourth-order valence-corrected chi connectivity index (χ4v) is 4.65. The van der Waals surface area contributed by atoms with Gasteiger partial charge in [0, 0.05) is 22.8 Å². The molecule has 0 saturated heterocycles. The number of halogens is 1. The minimum Gasteiger partial charge on any atom is -0.462 e. The summed E-state index contributed by atoms with van der Waals surface area (Å²) in [6.07, 6.45) is 2.29. The maximum Gasteiger partial charge on any atom is 0.408 e. The first kappa shape index (κ1) is 31.2. The summed E-state index contributed by atoms with van der Waals surface area (Å²) >= 11 is 6.40. The van der Waals surface area contributed by atoms with E-state index in [1.54, 1.807) is 73.6 Å². The van der Waals surface area contributed by atoms with Crippen molar-refractivity contribution in [3.63, 3.8) is 0 Å². The van der Waals surface area contributed by atoms with Gasteiger partial charge in [-0.2, -0.15) is 0 Å². The van der Waals surface area contributed by atoms with Crippen LogP contribution in [0.25, 0.3) is 11.1 Å². The molecule has 40 heavy (non-hydrogen) atoms. The molecule has 0 radical (unpaired) electrons. The Morgan fingerprint density at radius 1 is 1.00 bits per heavy atom. The Morgan fingerprint density at radius 3 is 2.15 bits per heavy atom. The highest BCUT2D eigenvalue weighted by Crippen LogP contribution is 2.50. The van der Waals surface area contributed by atoms with Crippen LogP contribution < -0.4 is 10.9 Å². The second kappa shape index (κ2) is 11.6. The number of benzene rings is 1. The van der Waals surface area contributed by atoms with Crippen LogP contribution in [-0.4, -0.2) is 40.4 Å². The molecule has 218 valence electrons. The molecule has 1 aromatic carbocycles. The Balaban J connectivity index is 2.18. The normalized spacial score (nSPS) is 15.1. The third kappa shape index (κ3) is 7.44. The number of hydrogen-bond donors (Lipinski definition) is 1. The molecule has 0 bridgehead atoms. The molecule has 1 atom stereocenters. The quantitative estimate of drug-likeness (QED) is 0.297. The minimum absolute atomic E-state index is 0.0834. The van der Waals surface area contributed by atoms with Crippen molar-refractivity contribution in [2.24, 2.45) is 0 Å². The van der Waals surface area contributed by atoms with Gasteiger partial charge in [-0.3, -0.25) is 4.79 Å². The second-order valence-corrected chi connectivity index (χ2v) is 12.4. The van der Waals surface area contributed by atoms with E-state index in [1.165, 1.54) is 16.8 Å². The van der Waals surface area contributed by atoms with Crippen molar-refractivity contribution in [3.8, 4) is 11.1 Å². The molecule has 1 aromatic heterocycles. The zero-order chi connectivity index (χ0) is 30.0. The summed E-state index contributed by atoms with van der Waals surface area (Å²) in [7, 11) is 0. The van der Waals surface area contributed by atoms with E-state index in [2.05, 4.69) is 5.32 Å². The molecular weight excluding hydrogens is 536 g/mol. The topological polar surface area (TPSA) is 113 Å². The molecule has 9 nitrogen and oxygen atoms in total. The number of rotatable bonds is 8. The van der Waals surface area contributed by atoms with Crippen LogP contribution in [0, 0.1) is 0 Å². The van der Waals surface area contributed by atoms with E-state index >= 15 is 0 Å². The van der Waals surface area contributed by atoms with Crippen molar-refractivity contribution in [3.05, 3.63) is 57.0 Å². The van der Waals surface area contributed by atoms with Crippen LogP contribution in [0.5, 0.6) is 0 Å². The van der Waals surface area contributed by atoms with Crippen molar-refractivity contribution in [1.82, 2.24) is 9.88 Å². The maximum absolute atomic E-state index is 13.5. The minimum atomic E-state index is -0.948. The van der Waals surface area contributed by atoms with Crippen molar-refractivity contribution in [2.45, 2.75) is 97.4 Å². The summed E-state index contributed by atoms with van der Waals surface area (Å²) in [5.74, 6) is -1.25. The summed E-state index contributed by atoms with van der Waals surface area (Å²) in [5, 5.41) is 3.35. The van der Waals surface area contributed by atoms with Crippen LogP contribution in [0.1, 0.15) is 96.6 Å². The van der Waals surface area contributed by atoms with Gasteiger partial charge < -0.3 is 24.1 Å². The summed E-state index contributed by atoms with van der Waals surface area (Å²) in [6, 6.07) is 5.48. The molecule has 1 aliphatic carbocycles. The Bertz CT molecular complexity index is 1350. The molecule has 1 saturated carbocycles. The van der Waals surface area contributed by atoms with Crippen LogP contribution in [0.15, 0.2) is 35.3 Å². The third-order valence-corrected chi connectivity index (χ3v) is 6.49. The predicted octanol–water partition coefficient (Wildman–Crippen LogP) is 6.15. The predicted molar refractivity (Wildman–Crippen MR) is 153 cm³/mol. The number of alkyl carbamates (subject to hydrolysis) is 1. The van der Waals surface area contributed by atoms with Gasteiger partial charge in [0.25, 0.3) is 5.56 Å². The second-order valence-electron chi connectivity index (χ2n) is 11.9. The van der Waals surface area contributed by atoms with Gasteiger partial charge in [0.05, 0.1) is 17.7 Å². The average molecular weight is 575 g/mol. The molecule has 1 amide bonds. The summed E-state index contributed by atoms with van der Waals surface area (Å²) in [6.45, 7) is 14.1. The van der Waals surface area contributed by atoms with Gasteiger partial charge in [0.15, 0.2) is 0 Å². The number of pyridine rings is 1. The average Bonchev–Trinajstić information content (AvgIpc) is 3.57. The van der Waals surface area contributed by atoms with E-state index in [0.29, 0.717) is 29.0 Å². The lowest BCUT2D eigenvalue weighted by atomic mass is 9.91. The molecule has 3 rings (SSSR count). The Kier molecular flexibility index (Phi) is 9.09. The van der Waals surface area contributed by atoms with Crippen molar-refractivity contribution in [2.75, 3.05) is 6.61 Å². The smallest absolute Gasteiger partial charge is 0.408 e. The molecule has 0 aliphatic heterocycles. The molecule has 0 spiro atoms. The molecule has 1 fully saturated rings. The molecular formula is C30H39ClN2O7. The number of carbonyl (C=O) groups excluding carboxylic acids is 3. The molecule has 1 heterocycles. The van der Waals surface area contributed by atoms with E-state index in [4.69, 9.17) is 25.8 Å². The van der Waals surface area contributed by atoms with Gasteiger partial charge in [0.2, 0.25) is 0 Å². The number of esters is 2. The van der Waals surface area contributed by atoms with Crippen LogP contribution in [-0.2, 0) is 24.5 Å². The molecule has 10 heteroatoms. The molecule has 2 aromatic rings. The Labute approximate surface area is 240 Å². The fraction of sp³-hybridized carbons (Fsp3) is 0.533. The summed E-state index contributed by atoms with van der Waals surface area (Å²) in [4.78, 5) is 52.4. The summed E-state index contributed by atoms with van der Waals surface area (Å²) in [5.41, 5.74) is -1.15. The van der Waals surface area contributed by atoms with E-state index in [0.717, 1.165) is 0 Å². The molecule has 1 aliphatic rings. The lowest BCUT2D eigenvalue weighted by Gasteiger charge is -2.26. The van der Waals surface area contributed by atoms with Crippen molar-refractivity contribution < 1.29 is 28.6 Å². The first-order valence-corrected chi connectivity index (χ1v) is 13.9. The standard InChI is InChI=1S/C30H39ClN2O7/c1-9-23(26(36)39-28(3,4)5)33-17-21(25(35)38-10-2)19(16-24(33)34)20-15-18(31)11-12-22(20)30(13-14-30)32-27(37)40-29(6,7)8/h11-12,15-17,23H,9-10,13-14H2,1-8H3,(H,32,37). The fourth-order valence-electron chi connectivity index (χ4n) is 4.47.